The summed E-state index contributed by atoms with van der Waals surface area (Å²) in [5, 5.41) is 0. The molecule has 0 amide bonds. The molecule has 2 aliphatic rings. The smallest absolute Gasteiger partial charge is 0.148 e. The highest BCUT2D eigenvalue weighted by atomic mass is 16.5. The molecule has 1 saturated heterocycles. The number of benzene rings is 1. The molecule has 1 aliphatic carbocycles. The summed E-state index contributed by atoms with van der Waals surface area (Å²) in [6.07, 6.45) is 5.04. The summed E-state index contributed by atoms with van der Waals surface area (Å²) in [5.41, 5.74) is 4.56. The number of carbonyl (C=O) groups excluding carboxylic acids is 1. The Labute approximate surface area is 119 Å². The van der Waals surface area contributed by atoms with Crippen molar-refractivity contribution in [2.24, 2.45) is 0 Å². The lowest BCUT2D eigenvalue weighted by Crippen LogP contribution is -2.36. The van der Waals surface area contributed by atoms with Gasteiger partial charge < -0.3 is 9.64 Å². The summed E-state index contributed by atoms with van der Waals surface area (Å²) >= 11 is 0. The summed E-state index contributed by atoms with van der Waals surface area (Å²) in [6.45, 7) is 3.24. The largest absolute Gasteiger partial charge is 0.378 e. The lowest BCUT2D eigenvalue weighted by Gasteiger charge is -2.31. The fourth-order valence-electron chi connectivity index (χ4n) is 2.91. The molecule has 0 bridgehead atoms. The number of allylic oxidation sites excluding steroid dienone is 2. The van der Waals surface area contributed by atoms with Gasteiger partial charge in [-0.2, -0.15) is 0 Å². The van der Waals surface area contributed by atoms with Crippen LogP contribution in [0.15, 0.2) is 47.2 Å². The average Bonchev–Trinajstić information content (AvgIpc) is 2.92. The number of hydrogen-bond acceptors (Lipinski definition) is 3. The van der Waals surface area contributed by atoms with E-state index in [-0.39, 0.29) is 0 Å². The van der Waals surface area contributed by atoms with Gasteiger partial charge in [0.1, 0.15) is 6.29 Å². The molecular formula is C17H19NO2. The predicted molar refractivity (Wildman–Crippen MR) is 79.1 cm³/mol. The van der Waals surface area contributed by atoms with Gasteiger partial charge in [0.15, 0.2) is 0 Å². The van der Waals surface area contributed by atoms with Crippen molar-refractivity contribution in [2.75, 3.05) is 26.3 Å². The average molecular weight is 269 g/mol. The number of rotatable bonds is 3. The summed E-state index contributed by atoms with van der Waals surface area (Å²) in [6, 6.07) is 10.3. The first-order chi connectivity index (χ1) is 9.88. The minimum absolute atomic E-state index is 0.744. The molecule has 1 heterocycles. The molecule has 0 aromatic heterocycles. The van der Waals surface area contributed by atoms with Crippen molar-refractivity contribution < 1.29 is 9.53 Å². The van der Waals surface area contributed by atoms with E-state index < -0.39 is 0 Å². The Morgan fingerprint density at radius 1 is 1.05 bits per heavy atom. The van der Waals surface area contributed by atoms with Gasteiger partial charge in [-0.15, -0.1) is 0 Å². The zero-order valence-corrected chi connectivity index (χ0v) is 11.5. The van der Waals surface area contributed by atoms with Crippen molar-refractivity contribution >= 4 is 12.4 Å². The van der Waals surface area contributed by atoms with Crippen LogP contribution < -0.4 is 0 Å². The minimum Gasteiger partial charge on any atom is -0.378 e. The predicted octanol–water partition coefficient (Wildman–Crippen LogP) is 2.65. The van der Waals surface area contributed by atoms with Crippen LogP contribution in [0.25, 0.3) is 6.08 Å². The van der Waals surface area contributed by atoms with E-state index in [9.17, 15) is 4.79 Å². The second kappa shape index (κ2) is 6.06. The molecule has 20 heavy (non-hydrogen) atoms. The summed E-state index contributed by atoms with van der Waals surface area (Å²) in [4.78, 5) is 13.6. The molecule has 1 aromatic rings. The van der Waals surface area contributed by atoms with E-state index in [0.29, 0.717) is 0 Å². The topological polar surface area (TPSA) is 29.5 Å². The zero-order valence-electron chi connectivity index (χ0n) is 11.5. The number of morpholine rings is 1. The summed E-state index contributed by atoms with van der Waals surface area (Å²) in [7, 11) is 0. The molecule has 0 saturated carbocycles. The number of aldehydes is 1. The fourth-order valence-corrected chi connectivity index (χ4v) is 2.91. The zero-order chi connectivity index (χ0) is 13.8. The van der Waals surface area contributed by atoms with Gasteiger partial charge in [-0.1, -0.05) is 30.3 Å². The molecule has 1 fully saturated rings. The van der Waals surface area contributed by atoms with Crippen LogP contribution in [-0.2, 0) is 9.53 Å². The molecule has 0 radical (unpaired) electrons. The maximum Gasteiger partial charge on any atom is 0.148 e. The number of nitrogens with zero attached hydrogens (tertiary/aromatic N) is 1. The number of carbonyl (C=O) groups is 1. The molecule has 1 aliphatic heterocycles. The van der Waals surface area contributed by atoms with E-state index in [1.165, 1.54) is 11.1 Å². The van der Waals surface area contributed by atoms with Crippen LogP contribution in [-0.4, -0.2) is 37.5 Å². The normalized spacial score (nSPS) is 21.6. The first-order valence-electron chi connectivity index (χ1n) is 7.15. The van der Waals surface area contributed by atoms with E-state index in [4.69, 9.17) is 4.74 Å². The third-order valence-corrected chi connectivity index (χ3v) is 3.88. The van der Waals surface area contributed by atoms with Gasteiger partial charge in [-0.25, -0.2) is 0 Å². The Hall–Kier alpha value is -1.87. The molecule has 3 rings (SSSR count). The van der Waals surface area contributed by atoms with E-state index in [1.54, 1.807) is 0 Å². The molecule has 104 valence electrons. The third kappa shape index (κ3) is 2.68. The standard InChI is InChI=1S/C17H19NO2/c19-13-16-7-6-15(12-14-4-2-1-3-5-14)17(16)18-8-10-20-11-9-18/h1-5,12-13H,6-11H2/b15-12+. The van der Waals surface area contributed by atoms with Gasteiger partial charge in [-0.3, -0.25) is 4.79 Å². The maximum absolute atomic E-state index is 11.3. The van der Waals surface area contributed by atoms with Crippen LogP contribution in [0.4, 0.5) is 0 Å². The van der Waals surface area contributed by atoms with E-state index in [0.717, 1.165) is 56.7 Å². The van der Waals surface area contributed by atoms with Crippen LogP contribution in [0, 0.1) is 0 Å². The van der Waals surface area contributed by atoms with Crippen molar-refractivity contribution in [2.45, 2.75) is 12.8 Å². The van der Waals surface area contributed by atoms with Crippen LogP contribution in [0.3, 0.4) is 0 Å². The molecular weight excluding hydrogens is 250 g/mol. The highest BCUT2D eigenvalue weighted by Gasteiger charge is 2.25. The van der Waals surface area contributed by atoms with Gasteiger partial charge in [-0.05, 0) is 30.1 Å². The molecule has 3 heteroatoms. The Bertz CT molecular complexity index is 539. The molecule has 0 N–H and O–H groups in total. The quantitative estimate of drug-likeness (QED) is 0.790. The fraction of sp³-hybridized carbons (Fsp3) is 0.353. The Kier molecular flexibility index (Phi) is 3.97. The number of ether oxygens (including phenoxy) is 1. The second-order valence-electron chi connectivity index (χ2n) is 5.17. The molecule has 0 spiro atoms. The van der Waals surface area contributed by atoms with Gasteiger partial charge in [0.05, 0.1) is 13.2 Å². The first-order valence-corrected chi connectivity index (χ1v) is 7.15. The van der Waals surface area contributed by atoms with Gasteiger partial charge in [0.2, 0.25) is 0 Å². The van der Waals surface area contributed by atoms with Crippen LogP contribution >= 0.6 is 0 Å². The second-order valence-corrected chi connectivity index (χ2v) is 5.17. The minimum atomic E-state index is 0.744. The molecule has 1 aromatic carbocycles. The molecule has 3 nitrogen and oxygen atoms in total. The third-order valence-electron chi connectivity index (χ3n) is 3.88. The first kappa shape index (κ1) is 13.1. The van der Waals surface area contributed by atoms with E-state index in [1.807, 2.05) is 18.2 Å². The van der Waals surface area contributed by atoms with Crippen molar-refractivity contribution in [3.63, 3.8) is 0 Å². The van der Waals surface area contributed by atoms with Gasteiger partial charge in [0, 0.05) is 24.4 Å². The monoisotopic (exact) mass is 269 g/mol. The van der Waals surface area contributed by atoms with Crippen LogP contribution in [0.2, 0.25) is 0 Å². The maximum atomic E-state index is 11.3. The van der Waals surface area contributed by atoms with Gasteiger partial charge >= 0.3 is 0 Å². The van der Waals surface area contributed by atoms with Crippen molar-refractivity contribution in [3.8, 4) is 0 Å². The van der Waals surface area contributed by atoms with E-state index in [2.05, 4.69) is 23.1 Å². The Morgan fingerprint density at radius 3 is 2.50 bits per heavy atom. The molecule has 0 atom stereocenters. The highest BCUT2D eigenvalue weighted by Crippen LogP contribution is 2.34. The highest BCUT2D eigenvalue weighted by molar-refractivity contribution is 5.79. The Morgan fingerprint density at radius 2 is 1.80 bits per heavy atom. The summed E-state index contributed by atoms with van der Waals surface area (Å²) < 4.78 is 5.41. The van der Waals surface area contributed by atoms with E-state index >= 15 is 0 Å². The van der Waals surface area contributed by atoms with Crippen LogP contribution in [0.1, 0.15) is 18.4 Å². The summed E-state index contributed by atoms with van der Waals surface area (Å²) in [5.74, 6) is 0. The van der Waals surface area contributed by atoms with Gasteiger partial charge in [0.25, 0.3) is 0 Å². The van der Waals surface area contributed by atoms with Crippen molar-refractivity contribution in [1.29, 1.82) is 0 Å². The van der Waals surface area contributed by atoms with Crippen LogP contribution in [0.5, 0.6) is 0 Å². The van der Waals surface area contributed by atoms with Crippen molar-refractivity contribution in [1.82, 2.24) is 4.90 Å². The lowest BCUT2D eigenvalue weighted by molar-refractivity contribution is -0.105. The number of hydrogen-bond donors (Lipinski definition) is 0. The molecule has 0 unspecified atom stereocenters. The van der Waals surface area contributed by atoms with Crippen molar-refractivity contribution in [3.05, 3.63) is 52.7 Å². The Balaban J connectivity index is 1.92. The SMILES string of the molecule is O=CC1=C(N2CCOCC2)/C(=C/c2ccccc2)CC1. The lowest BCUT2D eigenvalue weighted by atomic mass is 10.1.